The first kappa shape index (κ1) is 24.0. The molecule has 1 fully saturated rings. The summed E-state index contributed by atoms with van der Waals surface area (Å²) in [6.45, 7) is 2.99. The number of piperidine rings is 1. The van der Waals surface area contributed by atoms with Gasteiger partial charge in [-0.1, -0.05) is 42.8 Å². The molecule has 0 radical (unpaired) electrons. The number of anilines is 1. The van der Waals surface area contributed by atoms with E-state index in [4.69, 9.17) is 16.6 Å². The number of aryl methyl sites for hydroxylation is 1. The number of halogens is 4. The standard InChI is InChI=1S/C23H22ClF3N2O2S2/c1-2-15-3-5-16(6-4-15)20-14-32-22(28-20)29-11-9-18(10-12-29)33(30,31)21-13-17(23(25,26)27)7-8-19(21)24/h3-8,13-14,18H,2,9-12H2,1H3. The van der Waals surface area contributed by atoms with E-state index in [-0.39, 0.29) is 17.9 Å². The van der Waals surface area contributed by atoms with E-state index in [2.05, 4.69) is 19.1 Å². The van der Waals surface area contributed by atoms with Crippen LogP contribution in [-0.2, 0) is 22.4 Å². The van der Waals surface area contributed by atoms with Gasteiger partial charge in [0.05, 0.1) is 26.4 Å². The van der Waals surface area contributed by atoms with E-state index in [9.17, 15) is 21.6 Å². The van der Waals surface area contributed by atoms with Crippen LogP contribution in [0.25, 0.3) is 11.3 Å². The molecule has 0 bridgehead atoms. The summed E-state index contributed by atoms with van der Waals surface area (Å²) in [6, 6.07) is 10.6. The van der Waals surface area contributed by atoms with Gasteiger partial charge in [-0.15, -0.1) is 11.3 Å². The molecule has 33 heavy (non-hydrogen) atoms. The second-order valence-electron chi connectivity index (χ2n) is 7.94. The van der Waals surface area contributed by atoms with E-state index >= 15 is 0 Å². The molecule has 4 nitrogen and oxygen atoms in total. The zero-order chi connectivity index (χ0) is 23.8. The van der Waals surface area contributed by atoms with Crippen molar-refractivity contribution in [3.63, 3.8) is 0 Å². The molecule has 10 heteroatoms. The van der Waals surface area contributed by atoms with Crippen LogP contribution in [0.5, 0.6) is 0 Å². The van der Waals surface area contributed by atoms with Crippen molar-refractivity contribution in [2.24, 2.45) is 0 Å². The Morgan fingerprint density at radius 1 is 1.12 bits per heavy atom. The topological polar surface area (TPSA) is 50.3 Å². The van der Waals surface area contributed by atoms with Gasteiger partial charge in [0.2, 0.25) is 0 Å². The molecule has 1 aromatic heterocycles. The third-order valence-electron chi connectivity index (χ3n) is 5.87. The first-order valence-corrected chi connectivity index (χ1v) is 13.3. The van der Waals surface area contributed by atoms with E-state index in [1.165, 1.54) is 16.9 Å². The first-order chi connectivity index (χ1) is 15.6. The zero-order valence-electron chi connectivity index (χ0n) is 17.8. The van der Waals surface area contributed by atoms with Crippen molar-refractivity contribution in [2.75, 3.05) is 18.0 Å². The highest BCUT2D eigenvalue weighted by Crippen LogP contribution is 2.37. The Balaban J connectivity index is 1.47. The minimum absolute atomic E-state index is 0.191. The lowest BCUT2D eigenvalue weighted by Gasteiger charge is -2.31. The second kappa shape index (κ2) is 9.27. The average Bonchev–Trinajstić information content (AvgIpc) is 3.29. The minimum atomic E-state index is -4.64. The van der Waals surface area contributed by atoms with Crippen LogP contribution in [0, 0.1) is 0 Å². The maximum absolute atomic E-state index is 13.1. The number of nitrogens with zero attached hydrogens (tertiary/aromatic N) is 2. The van der Waals surface area contributed by atoms with E-state index < -0.39 is 31.7 Å². The molecule has 1 saturated heterocycles. The van der Waals surface area contributed by atoms with Crippen molar-refractivity contribution in [1.82, 2.24) is 4.98 Å². The van der Waals surface area contributed by atoms with E-state index in [1.807, 2.05) is 22.4 Å². The van der Waals surface area contributed by atoms with Crippen molar-refractivity contribution in [3.8, 4) is 11.3 Å². The fraction of sp³-hybridized carbons (Fsp3) is 0.348. The van der Waals surface area contributed by atoms with Crippen molar-refractivity contribution < 1.29 is 21.6 Å². The molecule has 176 valence electrons. The van der Waals surface area contributed by atoms with Gasteiger partial charge in [0.25, 0.3) is 0 Å². The Bertz CT molecular complexity index is 1230. The molecule has 0 aliphatic carbocycles. The van der Waals surface area contributed by atoms with Gasteiger partial charge in [0.15, 0.2) is 15.0 Å². The van der Waals surface area contributed by atoms with Crippen LogP contribution in [0.3, 0.4) is 0 Å². The first-order valence-electron chi connectivity index (χ1n) is 10.5. The summed E-state index contributed by atoms with van der Waals surface area (Å²) in [4.78, 5) is 6.27. The molecule has 2 aromatic carbocycles. The van der Waals surface area contributed by atoms with Crippen LogP contribution in [0.15, 0.2) is 52.7 Å². The lowest BCUT2D eigenvalue weighted by atomic mass is 10.1. The third kappa shape index (κ3) is 5.05. The monoisotopic (exact) mass is 514 g/mol. The predicted molar refractivity (Wildman–Crippen MR) is 126 cm³/mol. The number of alkyl halides is 3. The molecule has 0 spiro atoms. The van der Waals surface area contributed by atoms with Gasteiger partial charge in [0, 0.05) is 24.0 Å². The van der Waals surface area contributed by atoms with Crippen molar-refractivity contribution in [3.05, 3.63) is 64.0 Å². The van der Waals surface area contributed by atoms with Gasteiger partial charge in [-0.2, -0.15) is 13.2 Å². The van der Waals surface area contributed by atoms with Gasteiger partial charge in [-0.3, -0.25) is 0 Å². The van der Waals surface area contributed by atoms with E-state index in [0.29, 0.717) is 19.2 Å². The smallest absolute Gasteiger partial charge is 0.348 e. The summed E-state index contributed by atoms with van der Waals surface area (Å²) in [5, 5.41) is 1.79. The van der Waals surface area contributed by atoms with Crippen LogP contribution < -0.4 is 4.90 Å². The molecule has 0 atom stereocenters. The second-order valence-corrected chi connectivity index (χ2v) is 11.4. The molecule has 1 aliphatic heterocycles. The lowest BCUT2D eigenvalue weighted by molar-refractivity contribution is -0.137. The zero-order valence-corrected chi connectivity index (χ0v) is 20.2. The summed E-state index contributed by atoms with van der Waals surface area (Å²) in [7, 11) is -4.00. The number of rotatable bonds is 5. The van der Waals surface area contributed by atoms with Crippen molar-refractivity contribution >= 4 is 37.9 Å². The van der Waals surface area contributed by atoms with E-state index in [1.54, 1.807) is 0 Å². The summed E-state index contributed by atoms with van der Waals surface area (Å²) in [5.74, 6) is 0. The summed E-state index contributed by atoms with van der Waals surface area (Å²) in [5.41, 5.74) is 2.11. The van der Waals surface area contributed by atoms with Gasteiger partial charge in [-0.25, -0.2) is 13.4 Å². The Morgan fingerprint density at radius 3 is 2.39 bits per heavy atom. The Hall–Kier alpha value is -2.10. The van der Waals surface area contributed by atoms with Crippen LogP contribution in [0.1, 0.15) is 30.9 Å². The average molecular weight is 515 g/mol. The normalized spacial score (nSPS) is 15.7. The SMILES string of the molecule is CCc1ccc(-c2csc(N3CCC(S(=O)(=O)c4cc(C(F)(F)F)ccc4Cl)CC3)n2)cc1. The lowest BCUT2D eigenvalue weighted by Crippen LogP contribution is -2.39. The Kier molecular flexibility index (Phi) is 6.75. The molecule has 2 heterocycles. The quantitative estimate of drug-likeness (QED) is 0.390. The van der Waals surface area contributed by atoms with Gasteiger partial charge in [-0.05, 0) is 43.0 Å². The molecule has 1 aliphatic rings. The number of hydrogen-bond donors (Lipinski definition) is 0. The summed E-state index contributed by atoms with van der Waals surface area (Å²) >= 11 is 7.48. The predicted octanol–water partition coefficient (Wildman–Crippen LogP) is 6.49. The highest BCUT2D eigenvalue weighted by atomic mass is 35.5. The highest BCUT2D eigenvalue weighted by molar-refractivity contribution is 7.92. The van der Waals surface area contributed by atoms with Crippen LogP contribution in [0.2, 0.25) is 5.02 Å². The molecule has 4 rings (SSSR count). The van der Waals surface area contributed by atoms with Crippen LogP contribution in [0.4, 0.5) is 18.3 Å². The largest absolute Gasteiger partial charge is 0.416 e. The molecule has 0 saturated carbocycles. The maximum Gasteiger partial charge on any atom is 0.416 e. The Morgan fingerprint density at radius 2 is 1.79 bits per heavy atom. The van der Waals surface area contributed by atoms with Crippen LogP contribution >= 0.6 is 22.9 Å². The van der Waals surface area contributed by atoms with E-state index in [0.717, 1.165) is 34.9 Å². The fourth-order valence-electron chi connectivity index (χ4n) is 3.89. The fourth-order valence-corrected chi connectivity index (χ4v) is 7.04. The molecule has 3 aromatic rings. The molecule has 0 N–H and O–H groups in total. The summed E-state index contributed by atoms with van der Waals surface area (Å²) in [6.07, 6.45) is -3.10. The number of hydrogen-bond acceptors (Lipinski definition) is 5. The number of benzene rings is 2. The number of aromatic nitrogens is 1. The molecule has 0 amide bonds. The minimum Gasteiger partial charge on any atom is -0.348 e. The Labute approximate surface area is 200 Å². The highest BCUT2D eigenvalue weighted by Gasteiger charge is 2.36. The van der Waals surface area contributed by atoms with Crippen LogP contribution in [-0.4, -0.2) is 31.7 Å². The van der Waals surface area contributed by atoms with Crippen molar-refractivity contribution in [2.45, 2.75) is 42.5 Å². The van der Waals surface area contributed by atoms with Crippen molar-refractivity contribution in [1.29, 1.82) is 0 Å². The summed E-state index contributed by atoms with van der Waals surface area (Å²) < 4.78 is 65.4. The van der Waals surface area contributed by atoms with Gasteiger partial charge >= 0.3 is 6.18 Å². The number of thiazole rings is 1. The molecular weight excluding hydrogens is 493 g/mol. The third-order valence-corrected chi connectivity index (χ3v) is 9.51. The maximum atomic E-state index is 13.1. The molecule has 0 unspecified atom stereocenters. The van der Waals surface area contributed by atoms with Gasteiger partial charge in [0.1, 0.15) is 0 Å². The number of sulfone groups is 1. The van der Waals surface area contributed by atoms with Gasteiger partial charge < -0.3 is 4.90 Å². The molecular formula is C23H22ClF3N2O2S2.